The maximum atomic E-state index is 10.4. The standard InChI is InChI=1S/C11H23NO.C6H3N3O7/c1-3-5-11(6-4-2)12-7-9-13-10-8-12;10-6-4(8(13)14)1-3(7(11)12)2-5(6)9(15)16/h11H,3-10H2,1-2H3;1-2,10H. The van der Waals surface area contributed by atoms with Crippen molar-refractivity contribution in [3.63, 3.8) is 0 Å². The third kappa shape index (κ3) is 7.23. The molecule has 2 rings (SSSR count). The Morgan fingerprint density at radius 1 is 0.966 bits per heavy atom. The van der Waals surface area contributed by atoms with Gasteiger partial charge in [0.1, 0.15) is 0 Å². The van der Waals surface area contributed by atoms with Gasteiger partial charge in [-0.1, -0.05) is 26.7 Å². The lowest BCUT2D eigenvalue weighted by Crippen LogP contribution is -2.43. The normalized spacial score (nSPS) is 14.2. The Morgan fingerprint density at radius 2 is 1.41 bits per heavy atom. The molecule has 29 heavy (non-hydrogen) atoms. The van der Waals surface area contributed by atoms with Gasteiger partial charge in [-0.15, -0.1) is 0 Å². The summed E-state index contributed by atoms with van der Waals surface area (Å²) in [5.74, 6) is -1.21. The van der Waals surface area contributed by atoms with Crippen LogP contribution in [0.15, 0.2) is 12.1 Å². The van der Waals surface area contributed by atoms with Crippen molar-refractivity contribution in [1.29, 1.82) is 0 Å². The Morgan fingerprint density at radius 3 is 1.76 bits per heavy atom. The number of morpholine rings is 1. The zero-order valence-corrected chi connectivity index (χ0v) is 16.5. The maximum absolute atomic E-state index is 10.4. The quantitative estimate of drug-likeness (QED) is 0.496. The van der Waals surface area contributed by atoms with E-state index in [-0.39, 0.29) is 0 Å². The molecule has 0 spiro atoms. The Kier molecular flexibility index (Phi) is 9.89. The molecule has 1 N–H and O–H groups in total. The number of phenols is 1. The molecule has 12 heteroatoms. The number of nitrogens with zero attached hydrogens (tertiary/aromatic N) is 4. The second kappa shape index (κ2) is 11.9. The molecular weight excluding hydrogens is 388 g/mol. The van der Waals surface area contributed by atoms with Crippen LogP contribution in [0.3, 0.4) is 0 Å². The van der Waals surface area contributed by atoms with Gasteiger partial charge >= 0.3 is 11.4 Å². The molecule has 1 aliphatic heterocycles. The molecular formula is C17H26N4O8. The van der Waals surface area contributed by atoms with Crippen molar-refractivity contribution in [3.05, 3.63) is 42.5 Å². The van der Waals surface area contributed by atoms with Gasteiger partial charge in [0.15, 0.2) is 0 Å². The summed E-state index contributed by atoms with van der Waals surface area (Å²) in [6.07, 6.45) is 5.33. The average Bonchev–Trinajstić information content (AvgIpc) is 2.68. The van der Waals surface area contributed by atoms with E-state index in [1.165, 1.54) is 25.7 Å². The molecule has 162 valence electrons. The van der Waals surface area contributed by atoms with Gasteiger partial charge in [-0.05, 0) is 12.8 Å². The number of rotatable bonds is 8. The van der Waals surface area contributed by atoms with Crippen LogP contribution in [0.4, 0.5) is 17.1 Å². The lowest BCUT2D eigenvalue weighted by molar-refractivity contribution is -0.404. The van der Waals surface area contributed by atoms with E-state index >= 15 is 0 Å². The number of nitro benzene ring substituents is 3. The summed E-state index contributed by atoms with van der Waals surface area (Å²) in [6.45, 7) is 8.72. The summed E-state index contributed by atoms with van der Waals surface area (Å²) in [7, 11) is 0. The van der Waals surface area contributed by atoms with Crippen LogP contribution in [0.25, 0.3) is 0 Å². The molecule has 12 nitrogen and oxygen atoms in total. The van der Waals surface area contributed by atoms with Crippen LogP contribution in [-0.4, -0.2) is 57.1 Å². The van der Waals surface area contributed by atoms with Crippen LogP contribution < -0.4 is 0 Å². The minimum absolute atomic E-state index is 0.447. The molecule has 0 aliphatic carbocycles. The van der Waals surface area contributed by atoms with Crippen LogP contribution in [0, 0.1) is 30.3 Å². The van der Waals surface area contributed by atoms with Gasteiger partial charge in [0, 0.05) is 19.1 Å². The van der Waals surface area contributed by atoms with E-state index in [4.69, 9.17) is 9.84 Å². The number of phenolic OH excluding ortho intramolecular Hbond substituents is 1. The van der Waals surface area contributed by atoms with Crippen molar-refractivity contribution in [2.45, 2.75) is 45.6 Å². The minimum atomic E-state index is -1.21. The maximum Gasteiger partial charge on any atom is 0.324 e. The zero-order valence-electron chi connectivity index (χ0n) is 16.5. The monoisotopic (exact) mass is 414 g/mol. The highest BCUT2D eigenvalue weighted by molar-refractivity contribution is 5.64. The molecule has 0 atom stereocenters. The summed E-state index contributed by atoms with van der Waals surface area (Å²) in [5, 5.41) is 40.2. The molecule has 0 unspecified atom stereocenters. The van der Waals surface area contributed by atoms with Crippen molar-refractivity contribution < 1.29 is 24.6 Å². The van der Waals surface area contributed by atoms with E-state index in [2.05, 4.69) is 18.7 Å². The Labute approximate surface area is 167 Å². The van der Waals surface area contributed by atoms with Crippen LogP contribution in [-0.2, 0) is 4.74 Å². The summed E-state index contributed by atoms with van der Waals surface area (Å²) >= 11 is 0. The van der Waals surface area contributed by atoms with Crippen LogP contribution in [0.5, 0.6) is 5.75 Å². The van der Waals surface area contributed by atoms with Gasteiger partial charge in [-0.2, -0.15) is 0 Å². The van der Waals surface area contributed by atoms with Gasteiger partial charge in [0.25, 0.3) is 11.4 Å². The molecule has 1 aromatic carbocycles. The third-order valence-electron chi connectivity index (χ3n) is 4.46. The van der Waals surface area contributed by atoms with Gasteiger partial charge in [-0.25, -0.2) is 0 Å². The topological polar surface area (TPSA) is 162 Å². The number of aromatic hydroxyl groups is 1. The molecule has 0 saturated carbocycles. The van der Waals surface area contributed by atoms with Crippen LogP contribution in [0.1, 0.15) is 39.5 Å². The summed E-state index contributed by atoms with van der Waals surface area (Å²) in [5.41, 5.74) is -3.00. The second-order valence-electron chi connectivity index (χ2n) is 6.48. The Balaban J connectivity index is 0.000000296. The summed E-state index contributed by atoms with van der Waals surface area (Å²) < 4.78 is 5.36. The van der Waals surface area contributed by atoms with Crippen molar-refractivity contribution in [2.24, 2.45) is 0 Å². The van der Waals surface area contributed by atoms with Gasteiger partial charge in [0.2, 0.25) is 0 Å². The number of nitro groups is 3. The number of hydrogen-bond acceptors (Lipinski definition) is 9. The largest absolute Gasteiger partial charge is 0.497 e. The highest BCUT2D eigenvalue weighted by Gasteiger charge is 2.30. The fourth-order valence-electron chi connectivity index (χ4n) is 3.09. The number of hydrogen-bond donors (Lipinski definition) is 1. The fraction of sp³-hybridized carbons (Fsp3) is 0.647. The number of ether oxygens (including phenoxy) is 1. The highest BCUT2D eigenvalue weighted by Crippen LogP contribution is 2.38. The van der Waals surface area contributed by atoms with Crippen molar-refractivity contribution in [1.82, 2.24) is 4.90 Å². The molecule has 1 fully saturated rings. The smallest absolute Gasteiger partial charge is 0.324 e. The molecule has 0 amide bonds. The summed E-state index contributed by atoms with van der Waals surface area (Å²) in [6, 6.07) is 1.71. The van der Waals surface area contributed by atoms with E-state index in [1.807, 2.05) is 0 Å². The number of benzene rings is 1. The first-order valence-corrected chi connectivity index (χ1v) is 9.34. The Bertz CT molecular complexity index is 680. The molecule has 1 aromatic rings. The van der Waals surface area contributed by atoms with E-state index in [0.717, 1.165) is 32.3 Å². The van der Waals surface area contributed by atoms with Gasteiger partial charge < -0.3 is 9.84 Å². The average molecular weight is 414 g/mol. The minimum Gasteiger partial charge on any atom is -0.497 e. The van der Waals surface area contributed by atoms with Crippen LogP contribution in [0.2, 0.25) is 0 Å². The van der Waals surface area contributed by atoms with Crippen LogP contribution >= 0.6 is 0 Å². The molecule has 1 saturated heterocycles. The molecule has 0 bridgehead atoms. The van der Waals surface area contributed by atoms with Crippen molar-refractivity contribution in [3.8, 4) is 5.75 Å². The van der Waals surface area contributed by atoms with E-state index in [9.17, 15) is 30.3 Å². The first kappa shape index (κ1) is 24.2. The van der Waals surface area contributed by atoms with Gasteiger partial charge in [-0.3, -0.25) is 35.2 Å². The highest BCUT2D eigenvalue weighted by atomic mass is 16.6. The zero-order chi connectivity index (χ0) is 22.0. The first-order valence-electron chi connectivity index (χ1n) is 9.34. The van der Waals surface area contributed by atoms with E-state index < -0.39 is 37.6 Å². The molecule has 0 aromatic heterocycles. The lowest BCUT2D eigenvalue weighted by Gasteiger charge is -2.34. The lowest BCUT2D eigenvalue weighted by atomic mass is 10.0. The third-order valence-corrected chi connectivity index (χ3v) is 4.46. The predicted octanol–water partition coefficient (Wildman–Crippen LogP) is 3.40. The predicted molar refractivity (Wildman–Crippen MR) is 104 cm³/mol. The van der Waals surface area contributed by atoms with E-state index in [1.54, 1.807) is 0 Å². The Hall–Kier alpha value is -2.86. The van der Waals surface area contributed by atoms with E-state index in [0.29, 0.717) is 12.1 Å². The molecule has 1 aliphatic rings. The fourth-order valence-corrected chi connectivity index (χ4v) is 3.09. The van der Waals surface area contributed by atoms with Gasteiger partial charge in [0.05, 0.1) is 40.1 Å². The second-order valence-corrected chi connectivity index (χ2v) is 6.48. The number of non-ortho nitro benzene ring substituents is 1. The summed E-state index contributed by atoms with van der Waals surface area (Å²) in [4.78, 5) is 30.4. The van der Waals surface area contributed by atoms with Crippen molar-refractivity contribution in [2.75, 3.05) is 26.3 Å². The van der Waals surface area contributed by atoms with Crippen molar-refractivity contribution >= 4 is 17.1 Å². The first-order chi connectivity index (χ1) is 13.7. The molecule has 0 radical (unpaired) electrons. The molecule has 1 heterocycles. The SMILES string of the molecule is CCCC(CCC)N1CCOCC1.O=[N+]([O-])c1cc([N+](=O)[O-])c(O)c([N+](=O)[O-])c1.